The first-order chi connectivity index (χ1) is 5.74. The minimum atomic E-state index is -1.12. The van der Waals surface area contributed by atoms with Crippen LogP contribution in [0.1, 0.15) is 9.67 Å². The number of hydrogen-bond donors (Lipinski definition) is 0. The summed E-state index contributed by atoms with van der Waals surface area (Å²) in [6.45, 7) is 0. The van der Waals surface area contributed by atoms with Crippen molar-refractivity contribution in [3.8, 4) is 0 Å². The Morgan fingerprint density at radius 1 is 1.75 bits per heavy atom. The van der Waals surface area contributed by atoms with Crippen molar-refractivity contribution in [3.63, 3.8) is 0 Å². The van der Waals surface area contributed by atoms with E-state index in [0.717, 1.165) is 18.0 Å². The Morgan fingerprint density at radius 3 is 3.08 bits per heavy atom. The lowest BCUT2D eigenvalue weighted by Crippen LogP contribution is -2.24. The maximum Gasteiger partial charge on any atom is 0.161 e. The Kier molecular flexibility index (Phi) is 3.31. The second-order valence-corrected chi connectivity index (χ2v) is 3.89. The molecular formula is C7H5O3S2-. The molecule has 64 valence electrons. The number of carboxylic acids is 1. The highest BCUT2D eigenvalue weighted by Gasteiger charge is 2.02. The van der Waals surface area contributed by atoms with E-state index in [1.807, 2.05) is 0 Å². The van der Waals surface area contributed by atoms with Crippen LogP contribution in [0.5, 0.6) is 0 Å². The number of hydrogen-bond acceptors (Lipinski definition) is 5. The van der Waals surface area contributed by atoms with E-state index >= 15 is 0 Å². The smallest absolute Gasteiger partial charge is 0.161 e. The van der Waals surface area contributed by atoms with Gasteiger partial charge in [-0.3, -0.25) is 4.79 Å². The zero-order valence-corrected chi connectivity index (χ0v) is 7.61. The second-order valence-electron chi connectivity index (χ2n) is 1.93. The van der Waals surface area contributed by atoms with E-state index in [9.17, 15) is 14.7 Å². The van der Waals surface area contributed by atoms with Crippen LogP contribution in [-0.2, 0) is 4.79 Å². The molecule has 0 aliphatic heterocycles. The molecule has 12 heavy (non-hydrogen) atoms. The standard InChI is InChI=1S/C7H6O3S2/c8-3-6-5(1-2-11-6)12-4-7(9)10/h1-3H,4H2,(H,9,10)/p-1. The number of aliphatic carboxylic acids is 1. The van der Waals surface area contributed by atoms with Crippen molar-refractivity contribution < 1.29 is 14.7 Å². The normalized spacial score (nSPS) is 9.67. The molecule has 0 aliphatic carbocycles. The predicted octanol–water partition coefficient (Wildman–Crippen LogP) is 0.403. The summed E-state index contributed by atoms with van der Waals surface area (Å²) >= 11 is 2.40. The number of carboxylic acid groups (broad SMARTS) is 1. The molecule has 1 heterocycles. The number of rotatable bonds is 4. The van der Waals surface area contributed by atoms with Gasteiger partial charge in [-0.1, -0.05) is 0 Å². The van der Waals surface area contributed by atoms with E-state index < -0.39 is 5.97 Å². The molecule has 0 saturated heterocycles. The molecule has 1 aromatic rings. The summed E-state index contributed by atoms with van der Waals surface area (Å²) in [6.07, 6.45) is 0.724. The van der Waals surface area contributed by atoms with Crippen molar-refractivity contribution in [2.75, 3.05) is 5.75 Å². The van der Waals surface area contributed by atoms with Gasteiger partial charge in [0.25, 0.3) is 0 Å². The number of thioether (sulfide) groups is 1. The monoisotopic (exact) mass is 201 g/mol. The zero-order valence-electron chi connectivity index (χ0n) is 5.98. The average molecular weight is 201 g/mol. The molecule has 3 nitrogen and oxygen atoms in total. The highest BCUT2D eigenvalue weighted by molar-refractivity contribution is 8.00. The van der Waals surface area contributed by atoms with Crippen LogP contribution in [0.25, 0.3) is 0 Å². The van der Waals surface area contributed by atoms with Crippen LogP contribution in [-0.4, -0.2) is 18.0 Å². The molecule has 0 bridgehead atoms. The minimum Gasteiger partial charge on any atom is -0.549 e. The molecule has 1 rings (SSSR count). The first kappa shape index (κ1) is 9.28. The molecule has 0 spiro atoms. The van der Waals surface area contributed by atoms with Crippen LogP contribution < -0.4 is 5.11 Å². The SMILES string of the molecule is O=Cc1sccc1SCC(=O)[O-]. The van der Waals surface area contributed by atoms with Gasteiger partial charge in [0, 0.05) is 10.6 Å². The quantitative estimate of drug-likeness (QED) is 0.522. The lowest BCUT2D eigenvalue weighted by atomic mass is 10.5. The van der Waals surface area contributed by atoms with Gasteiger partial charge >= 0.3 is 0 Å². The van der Waals surface area contributed by atoms with Gasteiger partial charge in [-0.2, -0.15) is 0 Å². The topological polar surface area (TPSA) is 57.2 Å². The number of carbonyl (C=O) groups is 2. The minimum absolute atomic E-state index is 0.114. The number of aldehydes is 1. The number of thiophene rings is 1. The van der Waals surface area contributed by atoms with Gasteiger partial charge in [-0.05, 0) is 11.4 Å². The maximum atomic E-state index is 10.4. The molecule has 0 unspecified atom stereocenters. The third-order valence-electron chi connectivity index (χ3n) is 1.11. The first-order valence-corrected chi connectivity index (χ1v) is 4.96. The molecule has 0 radical (unpaired) electrons. The van der Waals surface area contributed by atoms with E-state index in [2.05, 4.69) is 0 Å². The Bertz CT molecular complexity index is 293. The lowest BCUT2D eigenvalue weighted by Gasteiger charge is -1.99. The van der Waals surface area contributed by atoms with Gasteiger partial charge in [-0.15, -0.1) is 23.1 Å². The van der Waals surface area contributed by atoms with Crippen LogP contribution >= 0.6 is 23.1 Å². The molecule has 0 fully saturated rings. The second kappa shape index (κ2) is 4.27. The molecule has 0 aliphatic rings. The van der Waals surface area contributed by atoms with Gasteiger partial charge in [0.05, 0.1) is 10.8 Å². The average Bonchev–Trinajstić information content (AvgIpc) is 2.47. The van der Waals surface area contributed by atoms with Crippen molar-refractivity contribution in [2.24, 2.45) is 0 Å². The van der Waals surface area contributed by atoms with Crippen molar-refractivity contribution in [2.45, 2.75) is 4.90 Å². The van der Waals surface area contributed by atoms with Gasteiger partial charge in [0.2, 0.25) is 0 Å². The molecule has 5 heteroatoms. The third kappa shape index (κ3) is 2.35. The van der Waals surface area contributed by atoms with Crippen molar-refractivity contribution in [1.82, 2.24) is 0 Å². The molecule has 0 aromatic carbocycles. The molecule has 1 aromatic heterocycles. The molecular weight excluding hydrogens is 196 g/mol. The Morgan fingerprint density at radius 2 is 2.50 bits per heavy atom. The van der Waals surface area contributed by atoms with Gasteiger partial charge in [0.1, 0.15) is 0 Å². The largest absolute Gasteiger partial charge is 0.549 e. The third-order valence-corrected chi connectivity index (χ3v) is 3.13. The zero-order chi connectivity index (χ0) is 8.97. The summed E-state index contributed by atoms with van der Waals surface area (Å²) in [5, 5.41) is 11.8. The summed E-state index contributed by atoms with van der Waals surface area (Å²) in [6, 6.07) is 1.72. The van der Waals surface area contributed by atoms with Crippen LogP contribution in [0.3, 0.4) is 0 Å². The van der Waals surface area contributed by atoms with Crippen molar-refractivity contribution in [3.05, 3.63) is 16.3 Å². The summed E-state index contributed by atoms with van der Waals surface area (Å²) in [5.74, 6) is -1.24. The molecule has 0 amide bonds. The summed E-state index contributed by atoms with van der Waals surface area (Å²) in [7, 11) is 0. The van der Waals surface area contributed by atoms with Gasteiger partial charge < -0.3 is 9.90 Å². The molecule has 0 atom stereocenters. The van der Waals surface area contributed by atoms with E-state index in [-0.39, 0.29) is 5.75 Å². The summed E-state index contributed by atoms with van der Waals surface area (Å²) < 4.78 is 0. The number of carbonyl (C=O) groups excluding carboxylic acids is 2. The molecule has 0 saturated carbocycles. The van der Waals surface area contributed by atoms with E-state index in [0.29, 0.717) is 9.77 Å². The Balaban J connectivity index is 2.62. The maximum absolute atomic E-state index is 10.4. The van der Waals surface area contributed by atoms with Crippen LogP contribution in [0.2, 0.25) is 0 Å². The fraction of sp³-hybridized carbons (Fsp3) is 0.143. The highest BCUT2D eigenvalue weighted by atomic mass is 32.2. The van der Waals surface area contributed by atoms with E-state index in [1.54, 1.807) is 11.4 Å². The fourth-order valence-corrected chi connectivity index (χ4v) is 2.28. The van der Waals surface area contributed by atoms with Crippen LogP contribution in [0.15, 0.2) is 16.3 Å². The van der Waals surface area contributed by atoms with Gasteiger partial charge in [0.15, 0.2) is 6.29 Å². The van der Waals surface area contributed by atoms with Crippen LogP contribution in [0, 0.1) is 0 Å². The fourth-order valence-electron chi connectivity index (χ4n) is 0.651. The highest BCUT2D eigenvalue weighted by Crippen LogP contribution is 2.25. The van der Waals surface area contributed by atoms with Crippen molar-refractivity contribution in [1.29, 1.82) is 0 Å². The Hall–Kier alpha value is -0.810. The van der Waals surface area contributed by atoms with Gasteiger partial charge in [-0.25, -0.2) is 0 Å². The predicted molar refractivity (Wildman–Crippen MR) is 45.4 cm³/mol. The van der Waals surface area contributed by atoms with Crippen LogP contribution in [0.4, 0.5) is 0 Å². The van der Waals surface area contributed by atoms with Crippen molar-refractivity contribution >= 4 is 35.4 Å². The Labute approximate surface area is 77.4 Å². The molecule has 0 N–H and O–H groups in total. The summed E-state index contributed by atoms with van der Waals surface area (Å²) in [5.41, 5.74) is 0. The van der Waals surface area contributed by atoms with E-state index in [1.165, 1.54) is 11.3 Å². The first-order valence-electron chi connectivity index (χ1n) is 3.09. The van der Waals surface area contributed by atoms with E-state index in [4.69, 9.17) is 0 Å². The lowest BCUT2D eigenvalue weighted by molar-refractivity contribution is -0.301. The summed E-state index contributed by atoms with van der Waals surface area (Å²) in [4.78, 5) is 21.7.